The van der Waals surface area contributed by atoms with Crippen LogP contribution in [-0.4, -0.2) is 56.1 Å². The molecule has 0 fully saturated rings. The van der Waals surface area contributed by atoms with Crippen LogP contribution < -0.4 is 10.1 Å². The van der Waals surface area contributed by atoms with E-state index < -0.39 is 35.8 Å². The SMILES string of the molecule is C/C=C/COC(=O)c1ccccc1N1N=C(C(=O)OCC)[C@@H](COC(=O)C2=C(N=N/C=C(\[O-])OCC)C=C[C+]=C2)[C@@H]1C. The first kappa shape index (κ1) is 31.4. The largest absolute Gasteiger partial charge is 0.612 e. The Bertz CT molecular complexity index is 1370. The van der Waals surface area contributed by atoms with Crippen LogP contribution in [0.3, 0.4) is 0 Å². The Morgan fingerprint density at radius 2 is 1.83 bits per heavy atom. The summed E-state index contributed by atoms with van der Waals surface area (Å²) < 4.78 is 20.9. The number of hydrogen-bond acceptors (Lipinski definition) is 12. The second kappa shape index (κ2) is 15.6. The quantitative estimate of drug-likeness (QED) is 0.0857. The number of para-hydroxylation sites is 1. The molecular weight excluding hydrogens is 544 g/mol. The van der Waals surface area contributed by atoms with Gasteiger partial charge in [-0.2, -0.15) is 10.2 Å². The Morgan fingerprint density at radius 3 is 2.57 bits per heavy atom. The van der Waals surface area contributed by atoms with Crippen molar-refractivity contribution in [1.82, 2.24) is 0 Å². The Morgan fingerprint density at radius 1 is 1.07 bits per heavy atom. The number of ether oxygens (including phenoxy) is 4. The molecule has 220 valence electrons. The van der Waals surface area contributed by atoms with Crippen LogP contribution in [0.4, 0.5) is 5.69 Å². The number of hydrogen-bond donors (Lipinski definition) is 0. The molecule has 42 heavy (non-hydrogen) atoms. The number of hydrazone groups is 1. The van der Waals surface area contributed by atoms with Crippen molar-refractivity contribution in [3.05, 3.63) is 89.7 Å². The third kappa shape index (κ3) is 7.98. The zero-order chi connectivity index (χ0) is 30.5. The molecule has 0 N–H and O–H groups in total. The summed E-state index contributed by atoms with van der Waals surface area (Å²) in [5, 5.41) is 25.1. The van der Waals surface area contributed by atoms with Gasteiger partial charge in [0.25, 0.3) is 0 Å². The molecule has 0 spiro atoms. The average molecular weight is 577 g/mol. The number of carbonyl (C=O) groups is 3. The zero-order valence-corrected chi connectivity index (χ0v) is 23.8. The van der Waals surface area contributed by atoms with E-state index in [4.69, 9.17) is 18.9 Å². The van der Waals surface area contributed by atoms with Gasteiger partial charge in [-0.1, -0.05) is 31.2 Å². The van der Waals surface area contributed by atoms with Crippen LogP contribution in [0.25, 0.3) is 0 Å². The molecule has 12 heteroatoms. The van der Waals surface area contributed by atoms with Crippen molar-refractivity contribution in [2.24, 2.45) is 21.2 Å². The van der Waals surface area contributed by atoms with Crippen LogP contribution in [-0.2, 0) is 28.5 Å². The molecule has 1 aromatic carbocycles. The summed E-state index contributed by atoms with van der Waals surface area (Å²) in [7, 11) is 0. The van der Waals surface area contributed by atoms with Gasteiger partial charge in [-0.3, -0.25) is 5.01 Å². The Kier molecular flexibility index (Phi) is 11.7. The van der Waals surface area contributed by atoms with Gasteiger partial charge in [0.05, 0.1) is 48.0 Å². The normalized spacial score (nSPS) is 18.3. The average Bonchev–Trinajstić information content (AvgIpc) is 3.32. The van der Waals surface area contributed by atoms with Crippen molar-refractivity contribution in [3.8, 4) is 0 Å². The number of azo groups is 1. The summed E-state index contributed by atoms with van der Waals surface area (Å²) in [6, 6.07) is 6.21. The monoisotopic (exact) mass is 576 g/mol. The van der Waals surface area contributed by atoms with E-state index in [0.717, 1.165) is 6.20 Å². The molecule has 3 rings (SSSR count). The summed E-state index contributed by atoms with van der Waals surface area (Å²) in [6.07, 6.45) is 11.5. The maximum Gasteiger partial charge on any atom is 0.399 e. The Hall–Kier alpha value is -5.09. The van der Waals surface area contributed by atoms with E-state index in [2.05, 4.69) is 21.4 Å². The highest BCUT2D eigenvalue weighted by molar-refractivity contribution is 6.38. The fourth-order valence-corrected chi connectivity index (χ4v) is 3.95. The van der Waals surface area contributed by atoms with Gasteiger partial charge >= 0.3 is 17.9 Å². The van der Waals surface area contributed by atoms with E-state index in [1.165, 1.54) is 23.2 Å². The Balaban J connectivity index is 1.84. The molecule has 0 aromatic heterocycles. The number of esters is 3. The van der Waals surface area contributed by atoms with E-state index in [-0.39, 0.29) is 49.0 Å². The predicted molar refractivity (Wildman–Crippen MR) is 151 cm³/mol. The number of benzene rings is 1. The van der Waals surface area contributed by atoms with E-state index in [1.54, 1.807) is 57.2 Å². The lowest BCUT2D eigenvalue weighted by Crippen LogP contribution is -2.37. The predicted octanol–water partition coefficient (Wildman–Crippen LogP) is 3.54. The van der Waals surface area contributed by atoms with Crippen LogP contribution >= 0.6 is 0 Å². The first-order chi connectivity index (χ1) is 20.3. The summed E-state index contributed by atoms with van der Waals surface area (Å²) >= 11 is 0. The molecule has 2 aliphatic rings. The van der Waals surface area contributed by atoms with E-state index in [1.807, 2.05) is 6.92 Å². The van der Waals surface area contributed by atoms with E-state index >= 15 is 0 Å². The van der Waals surface area contributed by atoms with Crippen LogP contribution in [0.2, 0.25) is 0 Å². The number of nitrogens with zero attached hydrogens (tertiary/aromatic N) is 4. The first-order valence-corrected chi connectivity index (χ1v) is 13.3. The number of allylic oxidation sites excluding steroid dienone is 4. The fraction of sp³-hybridized carbons (Fsp3) is 0.333. The van der Waals surface area contributed by atoms with Crippen molar-refractivity contribution < 1.29 is 38.4 Å². The van der Waals surface area contributed by atoms with Crippen LogP contribution in [0.1, 0.15) is 38.1 Å². The lowest BCUT2D eigenvalue weighted by Gasteiger charge is -2.25. The van der Waals surface area contributed by atoms with Crippen molar-refractivity contribution in [3.63, 3.8) is 0 Å². The fourth-order valence-electron chi connectivity index (χ4n) is 3.95. The second-order valence-electron chi connectivity index (χ2n) is 8.72. The van der Waals surface area contributed by atoms with Crippen molar-refractivity contribution >= 4 is 29.3 Å². The van der Waals surface area contributed by atoms with Crippen molar-refractivity contribution in [2.45, 2.75) is 33.7 Å². The van der Waals surface area contributed by atoms with E-state index in [0.29, 0.717) is 5.69 Å². The van der Waals surface area contributed by atoms with Crippen molar-refractivity contribution in [1.29, 1.82) is 0 Å². The molecule has 1 aliphatic carbocycles. The van der Waals surface area contributed by atoms with Gasteiger partial charge < -0.3 is 24.1 Å². The number of carbonyl (C=O) groups excluding carboxylic acids is 3. The van der Waals surface area contributed by atoms with Crippen LogP contribution in [0.15, 0.2) is 93.4 Å². The minimum Gasteiger partial charge on any atom is -0.612 e. The van der Waals surface area contributed by atoms with Gasteiger partial charge in [0, 0.05) is 6.08 Å². The minimum absolute atomic E-state index is 0.0396. The van der Waals surface area contributed by atoms with Crippen LogP contribution in [0, 0.1) is 12.0 Å². The topological polar surface area (TPSA) is 152 Å². The molecule has 0 unspecified atom stereocenters. The lowest BCUT2D eigenvalue weighted by atomic mass is 9.97. The molecule has 0 amide bonds. The van der Waals surface area contributed by atoms with Gasteiger partial charge in [0.2, 0.25) is 11.3 Å². The van der Waals surface area contributed by atoms with Gasteiger partial charge in [-0.15, -0.1) is 5.11 Å². The van der Waals surface area contributed by atoms with E-state index in [9.17, 15) is 19.5 Å². The first-order valence-electron chi connectivity index (χ1n) is 13.3. The summed E-state index contributed by atoms with van der Waals surface area (Å²) in [6.45, 7) is 7.10. The zero-order valence-electron chi connectivity index (χ0n) is 23.8. The number of anilines is 1. The highest BCUT2D eigenvalue weighted by Crippen LogP contribution is 2.32. The van der Waals surface area contributed by atoms with Gasteiger partial charge in [-0.25, -0.2) is 14.4 Å². The highest BCUT2D eigenvalue weighted by Gasteiger charge is 2.42. The van der Waals surface area contributed by atoms with Gasteiger partial charge in [0.1, 0.15) is 25.4 Å². The second-order valence-corrected chi connectivity index (χ2v) is 8.72. The highest BCUT2D eigenvalue weighted by atomic mass is 16.6. The molecule has 12 nitrogen and oxygen atoms in total. The number of rotatable bonds is 13. The molecule has 2 atom stereocenters. The maximum absolute atomic E-state index is 13.1. The molecule has 0 saturated carbocycles. The lowest BCUT2D eigenvalue weighted by molar-refractivity contribution is -0.357. The van der Waals surface area contributed by atoms with Gasteiger partial charge in [-0.05, 0) is 39.5 Å². The minimum atomic E-state index is -0.751. The molecule has 0 saturated heterocycles. The third-order valence-electron chi connectivity index (χ3n) is 6.01. The van der Waals surface area contributed by atoms with Crippen LogP contribution in [0.5, 0.6) is 0 Å². The molecule has 0 bridgehead atoms. The summed E-state index contributed by atoms with van der Waals surface area (Å²) in [4.78, 5) is 38.7. The van der Waals surface area contributed by atoms with Crippen molar-refractivity contribution in [2.75, 3.05) is 31.4 Å². The standard InChI is InChI=1S/C30H32N4O8/c1-5-8-17-41-29(37)22-14-10-12-16-25(22)34-20(4)23(27(33-34)30(38)40-7-3)19-42-28(36)21-13-9-11-15-24(21)32-31-18-26(35)39-6-2/h5,8,10-16,18,20,23H,6-7,17,19H2,1-4H3/b8-5+/t20-,23-/m0/s1. The molecule has 1 aromatic rings. The van der Waals surface area contributed by atoms with Gasteiger partial charge in [0.15, 0.2) is 5.71 Å². The third-order valence-corrected chi connectivity index (χ3v) is 6.01. The Labute approximate surface area is 244 Å². The molecule has 0 radical (unpaired) electrons. The molecular formula is C30H32N4O8. The molecule has 1 aliphatic heterocycles. The maximum atomic E-state index is 13.1. The summed E-state index contributed by atoms with van der Waals surface area (Å²) in [5.74, 6) is -3.35. The molecule has 1 heterocycles. The smallest absolute Gasteiger partial charge is 0.399 e. The summed E-state index contributed by atoms with van der Waals surface area (Å²) in [5.41, 5.74) is 0.907.